The van der Waals surface area contributed by atoms with Gasteiger partial charge in [-0.2, -0.15) is 13.2 Å². The van der Waals surface area contributed by atoms with E-state index >= 15 is 0 Å². The number of alkyl halides is 3. The van der Waals surface area contributed by atoms with Crippen LogP contribution in [0.15, 0.2) is 18.3 Å². The zero-order valence-corrected chi connectivity index (χ0v) is 10.8. The van der Waals surface area contributed by atoms with Crippen molar-refractivity contribution in [1.29, 1.82) is 0 Å². The summed E-state index contributed by atoms with van der Waals surface area (Å²) in [5.41, 5.74) is -2.35. The van der Waals surface area contributed by atoms with Gasteiger partial charge >= 0.3 is 12.1 Å². The normalized spacial score (nSPS) is 12.1. The van der Waals surface area contributed by atoms with Gasteiger partial charge in [0, 0.05) is 12.7 Å². The minimum atomic E-state index is -4.52. The van der Waals surface area contributed by atoms with Crippen molar-refractivity contribution in [2.75, 3.05) is 6.54 Å². The highest BCUT2D eigenvalue weighted by molar-refractivity contribution is 5.92. The van der Waals surface area contributed by atoms with Crippen LogP contribution in [0.5, 0.6) is 0 Å². The van der Waals surface area contributed by atoms with Crippen LogP contribution in [0.4, 0.5) is 13.2 Å². The summed E-state index contributed by atoms with van der Waals surface area (Å²) in [6, 6.07) is 1.68. The number of carboxylic acids is 1. The number of aromatic nitrogens is 1. The lowest BCUT2D eigenvalue weighted by molar-refractivity contribution is -0.146. The van der Waals surface area contributed by atoms with Crippen LogP contribution in [0.25, 0.3) is 0 Å². The molecule has 0 aliphatic rings. The third-order valence-corrected chi connectivity index (χ3v) is 2.59. The molecule has 0 aliphatic carbocycles. The lowest BCUT2D eigenvalue weighted by Crippen LogP contribution is -2.39. The largest absolute Gasteiger partial charge is 0.481 e. The first-order valence-corrected chi connectivity index (χ1v) is 5.59. The Bertz CT molecular complexity index is 510. The molecule has 0 radical (unpaired) electrons. The van der Waals surface area contributed by atoms with E-state index in [1.807, 2.05) is 0 Å². The van der Waals surface area contributed by atoms with Gasteiger partial charge in [-0.15, -0.1) is 0 Å². The van der Waals surface area contributed by atoms with Crippen LogP contribution >= 0.6 is 0 Å². The van der Waals surface area contributed by atoms with Gasteiger partial charge in [-0.1, -0.05) is 0 Å². The summed E-state index contributed by atoms with van der Waals surface area (Å²) in [7, 11) is 0. The zero-order chi connectivity index (χ0) is 15.6. The van der Waals surface area contributed by atoms with Gasteiger partial charge in [0.25, 0.3) is 5.91 Å². The molecule has 0 aromatic carbocycles. The van der Waals surface area contributed by atoms with Crippen LogP contribution in [0.1, 0.15) is 29.9 Å². The smallest absolute Gasteiger partial charge is 0.417 e. The Balaban J connectivity index is 2.72. The first-order valence-electron chi connectivity index (χ1n) is 5.59. The summed E-state index contributed by atoms with van der Waals surface area (Å²) in [6.07, 6.45) is -3.97. The van der Waals surface area contributed by atoms with Crippen LogP contribution < -0.4 is 5.32 Å². The topological polar surface area (TPSA) is 79.3 Å². The Morgan fingerprint density at radius 1 is 1.30 bits per heavy atom. The van der Waals surface area contributed by atoms with Crippen molar-refractivity contribution < 1.29 is 27.9 Å². The molecular formula is C12H13F3N2O3. The van der Waals surface area contributed by atoms with Crippen LogP contribution in [-0.2, 0) is 11.0 Å². The maximum Gasteiger partial charge on any atom is 0.417 e. The second-order valence-corrected chi connectivity index (χ2v) is 4.80. The Labute approximate surface area is 112 Å². The summed E-state index contributed by atoms with van der Waals surface area (Å²) in [5.74, 6) is -1.83. The summed E-state index contributed by atoms with van der Waals surface area (Å²) in [5, 5.41) is 11.2. The van der Waals surface area contributed by atoms with Crippen molar-refractivity contribution in [3.05, 3.63) is 29.6 Å². The van der Waals surface area contributed by atoms with Crippen molar-refractivity contribution >= 4 is 11.9 Å². The molecule has 1 amide bonds. The van der Waals surface area contributed by atoms with E-state index in [1.165, 1.54) is 13.8 Å². The molecule has 1 rings (SSSR count). The van der Waals surface area contributed by atoms with Crippen LogP contribution in [0.2, 0.25) is 0 Å². The molecule has 8 heteroatoms. The molecule has 0 aliphatic heterocycles. The molecule has 0 spiro atoms. The lowest BCUT2D eigenvalue weighted by Gasteiger charge is -2.19. The number of carboxylic acid groups (broad SMARTS) is 1. The Hall–Kier alpha value is -2.12. The standard InChI is InChI=1S/C12H13F3N2O3/c1-11(2,10(19)20)6-17-9(18)8-4-3-7(5-16-8)12(13,14)15/h3-5H,6H2,1-2H3,(H,17,18)(H,19,20). The molecule has 1 heterocycles. The van der Waals surface area contributed by atoms with Gasteiger partial charge < -0.3 is 10.4 Å². The van der Waals surface area contributed by atoms with Crippen molar-refractivity contribution in [3.8, 4) is 0 Å². The van der Waals surface area contributed by atoms with E-state index in [0.717, 1.165) is 12.1 Å². The molecule has 5 nitrogen and oxygen atoms in total. The molecule has 1 aromatic rings. The van der Waals surface area contributed by atoms with Gasteiger partial charge in [0.15, 0.2) is 0 Å². The predicted molar refractivity (Wildman–Crippen MR) is 63.0 cm³/mol. The fourth-order valence-corrected chi connectivity index (χ4v) is 1.16. The summed E-state index contributed by atoms with van der Waals surface area (Å²) in [6.45, 7) is 2.66. The lowest BCUT2D eigenvalue weighted by atomic mass is 9.94. The van der Waals surface area contributed by atoms with E-state index in [1.54, 1.807) is 0 Å². The summed E-state index contributed by atoms with van der Waals surface area (Å²) >= 11 is 0. The monoisotopic (exact) mass is 290 g/mol. The number of nitrogens with one attached hydrogen (secondary N) is 1. The number of hydrogen-bond acceptors (Lipinski definition) is 3. The number of amides is 1. The van der Waals surface area contributed by atoms with E-state index in [2.05, 4.69) is 10.3 Å². The number of aliphatic carboxylic acids is 1. The van der Waals surface area contributed by atoms with Crippen LogP contribution in [-0.4, -0.2) is 28.5 Å². The second kappa shape index (κ2) is 5.48. The molecule has 2 N–H and O–H groups in total. The summed E-state index contributed by atoms with van der Waals surface area (Å²) < 4.78 is 36.9. The molecule has 0 bridgehead atoms. The van der Waals surface area contributed by atoms with E-state index in [9.17, 15) is 22.8 Å². The number of nitrogens with zero attached hydrogens (tertiary/aromatic N) is 1. The van der Waals surface area contributed by atoms with Gasteiger partial charge in [0.1, 0.15) is 5.69 Å². The van der Waals surface area contributed by atoms with E-state index in [4.69, 9.17) is 5.11 Å². The van der Waals surface area contributed by atoms with Crippen molar-refractivity contribution in [1.82, 2.24) is 10.3 Å². The van der Waals surface area contributed by atoms with Crippen molar-refractivity contribution in [2.24, 2.45) is 5.41 Å². The summed E-state index contributed by atoms with van der Waals surface area (Å²) in [4.78, 5) is 25.9. The molecule has 110 valence electrons. The number of carbonyl (C=O) groups is 2. The average Bonchev–Trinajstić information content (AvgIpc) is 2.35. The van der Waals surface area contributed by atoms with E-state index < -0.39 is 29.0 Å². The third-order valence-electron chi connectivity index (χ3n) is 2.59. The second-order valence-electron chi connectivity index (χ2n) is 4.80. The SMILES string of the molecule is CC(C)(CNC(=O)c1ccc(C(F)(F)F)cn1)C(=O)O. The van der Waals surface area contributed by atoms with Crippen molar-refractivity contribution in [2.45, 2.75) is 20.0 Å². The predicted octanol–water partition coefficient (Wildman–Crippen LogP) is 1.94. The molecular weight excluding hydrogens is 277 g/mol. The molecule has 0 saturated carbocycles. The van der Waals surface area contributed by atoms with Crippen LogP contribution in [0, 0.1) is 5.41 Å². The molecule has 0 unspecified atom stereocenters. The Kier molecular flexibility index (Phi) is 4.36. The van der Waals surface area contributed by atoms with E-state index in [0.29, 0.717) is 6.20 Å². The minimum absolute atomic E-state index is 0.163. The number of rotatable bonds is 4. The van der Waals surface area contributed by atoms with Gasteiger partial charge in [0.2, 0.25) is 0 Å². The molecule has 1 aromatic heterocycles. The highest BCUT2D eigenvalue weighted by Crippen LogP contribution is 2.28. The van der Waals surface area contributed by atoms with Gasteiger partial charge in [-0.3, -0.25) is 14.6 Å². The number of hydrogen-bond donors (Lipinski definition) is 2. The Morgan fingerprint density at radius 3 is 2.30 bits per heavy atom. The first-order chi connectivity index (χ1) is 9.04. The minimum Gasteiger partial charge on any atom is -0.481 e. The number of carbonyl (C=O) groups excluding carboxylic acids is 1. The first kappa shape index (κ1) is 15.9. The maximum atomic E-state index is 12.3. The molecule has 20 heavy (non-hydrogen) atoms. The quantitative estimate of drug-likeness (QED) is 0.888. The van der Waals surface area contributed by atoms with Crippen LogP contribution in [0.3, 0.4) is 0 Å². The molecule has 0 fully saturated rings. The highest BCUT2D eigenvalue weighted by Gasteiger charge is 2.31. The highest BCUT2D eigenvalue weighted by atomic mass is 19.4. The van der Waals surface area contributed by atoms with E-state index in [-0.39, 0.29) is 12.2 Å². The van der Waals surface area contributed by atoms with Gasteiger partial charge in [0.05, 0.1) is 11.0 Å². The number of pyridine rings is 1. The zero-order valence-electron chi connectivity index (χ0n) is 10.8. The average molecular weight is 290 g/mol. The fraction of sp³-hybridized carbons (Fsp3) is 0.417. The molecule has 0 atom stereocenters. The number of halogens is 3. The molecule has 0 saturated heterocycles. The third kappa shape index (κ3) is 3.94. The van der Waals surface area contributed by atoms with Gasteiger partial charge in [-0.05, 0) is 26.0 Å². The maximum absolute atomic E-state index is 12.3. The fourth-order valence-electron chi connectivity index (χ4n) is 1.16. The van der Waals surface area contributed by atoms with Crippen molar-refractivity contribution in [3.63, 3.8) is 0 Å². The Morgan fingerprint density at radius 2 is 1.90 bits per heavy atom. The van der Waals surface area contributed by atoms with Gasteiger partial charge in [-0.25, -0.2) is 0 Å².